The zero-order valence-corrected chi connectivity index (χ0v) is 17.5. The maximum Gasteiger partial charge on any atom is 0.259 e. The lowest BCUT2D eigenvalue weighted by Gasteiger charge is -2.33. The van der Waals surface area contributed by atoms with Crippen LogP contribution in [0.15, 0.2) is 4.79 Å². The lowest BCUT2D eigenvalue weighted by molar-refractivity contribution is -0.133. The Balaban J connectivity index is 1.35. The van der Waals surface area contributed by atoms with E-state index in [0.717, 1.165) is 54.0 Å². The SMILES string of the molecule is CC1CCCCN1C(=O)CCSCc1nc2sc3c(c2c(=O)[nH]1)CCCC3. The van der Waals surface area contributed by atoms with Gasteiger partial charge in [-0.05, 0) is 57.4 Å². The van der Waals surface area contributed by atoms with Crippen LogP contribution in [0.4, 0.5) is 0 Å². The standard InChI is InChI=1S/C20H27N3O2S2/c1-13-6-4-5-10-23(13)17(24)9-11-26-12-16-21-19(25)18-14-7-2-3-8-15(14)27-20(18)22-16/h13H,2-12H2,1H3,(H,21,22,25). The zero-order valence-electron chi connectivity index (χ0n) is 15.9. The molecule has 0 radical (unpaired) electrons. The fourth-order valence-corrected chi connectivity index (χ4v) is 6.29. The fraction of sp³-hybridized carbons (Fsp3) is 0.650. The number of hydrogen-bond donors (Lipinski definition) is 1. The summed E-state index contributed by atoms with van der Waals surface area (Å²) in [5.74, 6) is 2.41. The number of aromatic nitrogens is 2. The molecule has 1 atom stereocenters. The van der Waals surface area contributed by atoms with E-state index in [9.17, 15) is 9.59 Å². The first-order chi connectivity index (χ1) is 13.1. The van der Waals surface area contributed by atoms with Crippen molar-refractivity contribution in [2.24, 2.45) is 0 Å². The maximum atomic E-state index is 12.6. The Kier molecular flexibility index (Phi) is 5.88. The maximum absolute atomic E-state index is 12.6. The monoisotopic (exact) mass is 405 g/mol. The van der Waals surface area contributed by atoms with Gasteiger partial charge in [-0.1, -0.05) is 0 Å². The van der Waals surface area contributed by atoms with Gasteiger partial charge in [0.25, 0.3) is 5.56 Å². The van der Waals surface area contributed by atoms with E-state index in [1.165, 1.54) is 29.7 Å². The molecule has 4 rings (SSSR count). The number of carbonyl (C=O) groups excluding carboxylic acids is 1. The number of thiophene rings is 1. The molecule has 2 aromatic heterocycles. The average Bonchev–Trinajstić information content (AvgIpc) is 3.04. The molecule has 3 heterocycles. The highest BCUT2D eigenvalue weighted by atomic mass is 32.2. The van der Waals surface area contributed by atoms with Gasteiger partial charge in [0.15, 0.2) is 0 Å². The van der Waals surface area contributed by atoms with Gasteiger partial charge in [-0.3, -0.25) is 9.59 Å². The van der Waals surface area contributed by atoms with Crippen LogP contribution < -0.4 is 5.56 Å². The molecule has 0 spiro atoms. The number of aromatic amines is 1. The summed E-state index contributed by atoms with van der Waals surface area (Å²) >= 11 is 3.37. The third-order valence-corrected chi connectivity index (χ3v) is 7.85. The topological polar surface area (TPSA) is 66.1 Å². The molecule has 0 aromatic carbocycles. The first kappa shape index (κ1) is 19.0. The largest absolute Gasteiger partial charge is 0.340 e. The van der Waals surface area contributed by atoms with Gasteiger partial charge >= 0.3 is 0 Å². The minimum Gasteiger partial charge on any atom is -0.340 e. The van der Waals surface area contributed by atoms with Gasteiger partial charge in [-0.25, -0.2) is 4.98 Å². The fourth-order valence-electron chi connectivity index (χ4n) is 4.22. The van der Waals surface area contributed by atoms with E-state index in [0.29, 0.717) is 18.2 Å². The first-order valence-electron chi connectivity index (χ1n) is 10.0. The van der Waals surface area contributed by atoms with E-state index in [1.54, 1.807) is 23.1 Å². The molecule has 1 amide bonds. The molecule has 1 aliphatic heterocycles. The third kappa shape index (κ3) is 4.09. The molecular formula is C20H27N3O2S2. The summed E-state index contributed by atoms with van der Waals surface area (Å²) in [7, 11) is 0. The summed E-state index contributed by atoms with van der Waals surface area (Å²) in [5.41, 5.74) is 1.24. The van der Waals surface area contributed by atoms with Crippen LogP contribution >= 0.6 is 23.1 Å². The van der Waals surface area contributed by atoms with Crippen molar-refractivity contribution in [2.75, 3.05) is 12.3 Å². The van der Waals surface area contributed by atoms with Gasteiger partial charge in [0.2, 0.25) is 5.91 Å². The van der Waals surface area contributed by atoms with Crippen LogP contribution in [-0.2, 0) is 23.4 Å². The lowest BCUT2D eigenvalue weighted by atomic mass is 9.97. The van der Waals surface area contributed by atoms with Crippen molar-refractivity contribution in [2.45, 2.75) is 70.1 Å². The summed E-state index contributed by atoms with van der Waals surface area (Å²) in [6.07, 6.45) is 8.50. The quantitative estimate of drug-likeness (QED) is 0.767. The summed E-state index contributed by atoms with van der Waals surface area (Å²) < 4.78 is 0. The Bertz CT molecular complexity index is 889. The minimum absolute atomic E-state index is 0.00761. The van der Waals surface area contributed by atoms with Crippen LogP contribution in [0.25, 0.3) is 10.2 Å². The second kappa shape index (κ2) is 8.35. The molecule has 1 N–H and O–H groups in total. The number of nitrogens with zero attached hydrogens (tertiary/aromatic N) is 2. The van der Waals surface area contributed by atoms with Crippen molar-refractivity contribution < 1.29 is 4.79 Å². The number of likely N-dealkylation sites (tertiary alicyclic amines) is 1. The van der Waals surface area contributed by atoms with Crippen LogP contribution in [0.5, 0.6) is 0 Å². The predicted molar refractivity (Wildman–Crippen MR) is 113 cm³/mol. The normalized spacial score (nSPS) is 20.0. The number of H-pyrrole nitrogens is 1. The highest BCUT2D eigenvalue weighted by Crippen LogP contribution is 2.33. The van der Waals surface area contributed by atoms with Crippen molar-refractivity contribution in [1.82, 2.24) is 14.9 Å². The van der Waals surface area contributed by atoms with Crippen molar-refractivity contribution in [3.05, 3.63) is 26.6 Å². The lowest BCUT2D eigenvalue weighted by Crippen LogP contribution is -2.42. The van der Waals surface area contributed by atoms with Crippen LogP contribution in [0.2, 0.25) is 0 Å². The van der Waals surface area contributed by atoms with Crippen LogP contribution in [0, 0.1) is 0 Å². The number of piperidine rings is 1. The third-order valence-electron chi connectivity index (χ3n) is 5.70. The Hall–Kier alpha value is -1.34. The van der Waals surface area contributed by atoms with Gasteiger partial charge in [0, 0.05) is 29.6 Å². The molecule has 7 heteroatoms. The van der Waals surface area contributed by atoms with E-state index in [1.807, 2.05) is 4.90 Å². The second-order valence-corrected chi connectivity index (χ2v) is 9.83. The molecule has 146 valence electrons. The molecule has 1 aliphatic carbocycles. The minimum atomic E-state index is 0.00761. The molecule has 1 saturated heterocycles. The number of rotatable bonds is 5. The summed E-state index contributed by atoms with van der Waals surface area (Å²) in [6, 6.07) is 0.376. The molecule has 0 saturated carbocycles. The molecule has 2 aliphatic rings. The highest BCUT2D eigenvalue weighted by Gasteiger charge is 2.23. The molecular weight excluding hydrogens is 378 g/mol. The zero-order chi connectivity index (χ0) is 18.8. The van der Waals surface area contributed by atoms with Crippen molar-refractivity contribution in [1.29, 1.82) is 0 Å². The Labute approximate surface area is 167 Å². The number of fused-ring (bicyclic) bond motifs is 3. The average molecular weight is 406 g/mol. The van der Waals surface area contributed by atoms with E-state index >= 15 is 0 Å². The summed E-state index contributed by atoms with van der Waals surface area (Å²) in [5, 5.41) is 0.817. The Morgan fingerprint density at radius 2 is 2.15 bits per heavy atom. The van der Waals surface area contributed by atoms with Crippen LogP contribution in [0.1, 0.15) is 61.7 Å². The smallest absolute Gasteiger partial charge is 0.259 e. The van der Waals surface area contributed by atoms with Crippen molar-refractivity contribution >= 4 is 39.2 Å². The van der Waals surface area contributed by atoms with Gasteiger partial charge in [-0.15, -0.1) is 11.3 Å². The number of thioether (sulfide) groups is 1. The number of carbonyl (C=O) groups is 1. The molecule has 27 heavy (non-hydrogen) atoms. The second-order valence-electron chi connectivity index (χ2n) is 7.64. The highest BCUT2D eigenvalue weighted by molar-refractivity contribution is 7.98. The summed E-state index contributed by atoms with van der Waals surface area (Å²) in [4.78, 5) is 36.9. The van der Waals surface area contributed by atoms with Gasteiger partial charge < -0.3 is 9.88 Å². The molecule has 0 bridgehead atoms. The molecule has 1 fully saturated rings. The van der Waals surface area contributed by atoms with Gasteiger partial charge in [0.1, 0.15) is 10.7 Å². The van der Waals surface area contributed by atoms with Crippen LogP contribution in [-0.4, -0.2) is 39.1 Å². The van der Waals surface area contributed by atoms with E-state index in [2.05, 4.69) is 11.9 Å². The molecule has 5 nitrogen and oxygen atoms in total. The van der Waals surface area contributed by atoms with E-state index in [-0.39, 0.29) is 11.5 Å². The van der Waals surface area contributed by atoms with Crippen molar-refractivity contribution in [3.8, 4) is 0 Å². The van der Waals surface area contributed by atoms with Gasteiger partial charge in [0.05, 0.1) is 11.1 Å². The number of amides is 1. The number of aryl methyl sites for hydroxylation is 2. The Morgan fingerprint density at radius 3 is 3.00 bits per heavy atom. The first-order valence-corrected chi connectivity index (χ1v) is 12.0. The van der Waals surface area contributed by atoms with E-state index < -0.39 is 0 Å². The Morgan fingerprint density at radius 1 is 1.30 bits per heavy atom. The number of hydrogen-bond acceptors (Lipinski definition) is 5. The van der Waals surface area contributed by atoms with Crippen molar-refractivity contribution in [3.63, 3.8) is 0 Å². The summed E-state index contributed by atoms with van der Waals surface area (Å²) in [6.45, 7) is 3.05. The van der Waals surface area contributed by atoms with E-state index in [4.69, 9.17) is 4.98 Å². The molecule has 1 unspecified atom stereocenters. The van der Waals surface area contributed by atoms with Gasteiger partial charge in [-0.2, -0.15) is 11.8 Å². The number of nitrogens with one attached hydrogen (secondary N) is 1. The molecule has 2 aromatic rings. The predicted octanol–water partition coefficient (Wildman–Crippen LogP) is 3.89. The van der Waals surface area contributed by atoms with Crippen LogP contribution in [0.3, 0.4) is 0 Å².